The highest BCUT2D eigenvalue weighted by Crippen LogP contribution is 2.20. The van der Waals surface area contributed by atoms with Crippen molar-refractivity contribution in [2.75, 3.05) is 0 Å². The third-order valence-electron chi connectivity index (χ3n) is 2.49. The zero-order valence-electron chi connectivity index (χ0n) is 10.6. The summed E-state index contributed by atoms with van der Waals surface area (Å²) in [5.74, 6) is -1.14. The van der Waals surface area contributed by atoms with Gasteiger partial charge in [0.05, 0.1) is 12.2 Å². The predicted molar refractivity (Wildman–Crippen MR) is 71.0 cm³/mol. The van der Waals surface area contributed by atoms with Crippen molar-refractivity contribution in [2.45, 2.75) is 18.0 Å². The third kappa shape index (κ3) is 2.86. The molecule has 0 saturated heterocycles. The second-order valence-electron chi connectivity index (χ2n) is 4.01. The molecule has 0 aliphatic heterocycles. The number of thiazole rings is 1. The molecule has 2 N–H and O–H groups in total. The lowest BCUT2D eigenvalue weighted by atomic mass is 10.4. The Morgan fingerprint density at radius 3 is 2.75 bits per heavy atom. The van der Waals surface area contributed by atoms with E-state index < -0.39 is 22.0 Å². The monoisotopic (exact) mass is 316 g/mol. The molecule has 20 heavy (non-hydrogen) atoms. The first kappa shape index (κ1) is 14.6. The van der Waals surface area contributed by atoms with Crippen molar-refractivity contribution in [3.63, 3.8) is 0 Å². The van der Waals surface area contributed by atoms with Gasteiger partial charge in [-0.15, -0.1) is 11.3 Å². The molecule has 0 spiro atoms. The summed E-state index contributed by atoms with van der Waals surface area (Å²) in [5.41, 5.74) is -0.100. The minimum atomic E-state index is -3.74. The van der Waals surface area contributed by atoms with Gasteiger partial charge in [0.1, 0.15) is 5.01 Å². The summed E-state index contributed by atoms with van der Waals surface area (Å²) in [4.78, 5) is 14.6. The van der Waals surface area contributed by atoms with Crippen LogP contribution in [0.5, 0.6) is 0 Å². The first-order valence-electron chi connectivity index (χ1n) is 5.50. The Labute approximate surface area is 119 Å². The first-order valence-corrected chi connectivity index (χ1v) is 7.86. The molecule has 108 valence electrons. The van der Waals surface area contributed by atoms with Crippen LogP contribution in [0.25, 0.3) is 0 Å². The fourth-order valence-corrected chi connectivity index (χ4v) is 3.76. The van der Waals surface area contributed by atoms with Gasteiger partial charge in [0.2, 0.25) is 0 Å². The maximum atomic E-state index is 12.1. The van der Waals surface area contributed by atoms with Crippen LogP contribution in [0.3, 0.4) is 0 Å². The maximum Gasteiger partial charge on any atom is 0.355 e. The molecule has 0 fully saturated rings. The second kappa shape index (κ2) is 5.31. The van der Waals surface area contributed by atoms with E-state index in [1.54, 1.807) is 6.92 Å². The smallest absolute Gasteiger partial charge is 0.355 e. The van der Waals surface area contributed by atoms with Crippen molar-refractivity contribution in [1.82, 2.24) is 19.5 Å². The van der Waals surface area contributed by atoms with Gasteiger partial charge in [0.15, 0.2) is 10.7 Å². The van der Waals surface area contributed by atoms with Crippen LogP contribution in [0.4, 0.5) is 0 Å². The molecule has 1 unspecified atom stereocenters. The highest BCUT2D eigenvalue weighted by atomic mass is 32.2. The molecular weight excluding hydrogens is 304 g/mol. The highest BCUT2D eigenvalue weighted by molar-refractivity contribution is 7.89. The van der Waals surface area contributed by atoms with E-state index in [2.05, 4.69) is 14.8 Å². The van der Waals surface area contributed by atoms with E-state index in [1.807, 2.05) is 0 Å². The van der Waals surface area contributed by atoms with Gasteiger partial charge in [0, 0.05) is 12.4 Å². The number of aromatic nitrogens is 3. The van der Waals surface area contributed by atoms with Crippen LogP contribution in [0.2, 0.25) is 0 Å². The van der Waals surface area contributed by atoms with Crippen molar-refractivity contribution < 1.29 is 18.3 Å². The van der Waals surface area contributed by atoms with Crippen LogP contribution in [0, 0.1) is 0 Å². The van der Waals surface area contributed by atoms with Crippen molar-refractivity contribution >= 4 is 27.3 Å². The Morgan fingerprint density at radius 2 is 2.25 bits per heavy atom. The number of aryl methyl sites for hydroxylation is 1. The Balaban J connectivity index is 2.20. The number of carboxylic acid groups (broad SMARTS) is 1. The largest absolute Gasteiger partial charge is 0.476 e. The summed E-state index contributed by atoms with van der Waals surface area (Å²) in [7, 11) is -2.22. The lowest BCUT2D eigenvalue weighted by Gasteiger charge is -2.11. The number of nitrogens with zero attached hydrogens (tertiary/aromatic N) is 3. The minimum Gasteiger partial charge on any atom is -0.476 e. The van der Waals surface area contributed by atoms with Gasteiger partial charge in [-0.25, -0.2) is 22.9 Å². The predicted octanol–water partition coefficient (Wildman–Crippen LogP) is 0.614. The third-order valence-corrected chi connectivity index (χ3v) is 5.14. The first-order chi connectivity index (χ1) is 9.31. The van der Waals surface area contributed by atoms with Crippen LogP contribution in [0.15, 0.2) is 22.7 Å². The van der Waals surface area contributed by atoms with E-state index in [0.29, 0.717) is 5.01 Å². The normalized spacial score (nSPS) is 13.3. The van der Waals surface area contributed by atoms with E-state index >= 15 is 0 Å². The fourth-order valence-electron chi connectivity index (χ4n) is 1.55. The van der Waals surface area contributed by atoms with Gasteiger partial charge in [-0.3, -0.25) is 4.68 Å². The van der Waals surface area contributed by atoms with Gasteiger partial charge >= 0.3 is 5.97 Å². The summed E-state index contributed by atoms with van der Waals surface area (Å²) in [5, 5.41) is 14.4. The van der Waals surface area contributed by atoms with Crippen LogP contribution in [-0.4, -0.2) is 34.3 Å². The average molecular weight is 316 g/mol. The molecular formula is C10H12N4O4S2. The zero-order chi connectivity index (χ0) is 14.9. The molecule has 1 atom stereocenters. The Hall–Kier alpha value is -1.78. The molecule has 0 saturated carbocycles. The number of rotatable bonds is 5. The lowest BCUT2D eigenvalue weighted by molar-refractivity contribution is 0.0691. The number of hydrogen-bond donors (Lipinski definition) is 2. The molecule has 0 aliphatic rings. The molecule has 8 nitrogen and oxygen atoms in total. The van der Waals surface area contributed by atoms with Crippen LogP contribution in [0.1, 0.15) is 28.5 Å². The Morgan fingerprint density at radius 1 is 1.55 bits per heavy atom. The fraction of sp³-hybridized carbons (Fsp3) is 0.300. The number of sulfonamides is 1. The summed E-state index contributed by atoms with van der Waals surface area (Å²) in [6.07, 6.45) is 1.38. The topological polar surface area (TPSA) is 114 Å². The molecule has 0 aromatic carbocycles. The number of carbonyl (C=O) groups is 1. The summed E-state index contributed by atoms with van der Waals surface area (Å²) in [6.45, 7) is 1.60. The van der Waals surface area contributed by atoms with Crippen molar-refractivity contribution in [3.8, 4) is 0 Å². The van der Waals surface area contributed by atoms with Crippen molar-refractivity contribution in [2.24, 2.45) is 7.05 Å². The summed E-state index contributed by atoms with van der Waals surface area (Å²) >= 11 is 1.09. The van der Waals surface area contributed by atoms with E-state index in [9.17, 15) is 13.2 Å². The van der Waals surface area contributed by atoms with Crippen LogP contribution in [-0.2, 0) is 17.1 Å². The second-order valence-corrected chi connectivity index (χ2v) is 6.56. The standard InChI is InChI=1S/C10H12N4O4S2/c1-6(9-12-7(5-19-9)10(15)16)13-20(17,18)8-3-4-11-14(8)2/h3-6,13H,1-2H3,(H,15,16). The minimum absolute atomic E-state index is 0.0272. The van der Waals surface area contributed by atoms with Crippen LogP contribution < -0.4 is 4.72 Å². The van der Waals surface area contributed by atoms with E-state index in [0.717, 1.165) is 11.3 Å². The highest BCUT2D eigenvalue weighted by Gasteiger charge is 2.23. The number of nitrogens with one attached hydrogen (secondary N) is 1. The lowest BCUT2D eigenvalue weighted by Crippen LogP contribution is -2.28. The van der Waals surface area contributed by atoms with E-state index in [1.165, 1.54) is 29.4 Å². The average Bonchev–Trinajstić information content (AvgIpc) is 2.96. The van der Waals surface area contributed by atoms with Crippen LogP contribution >= 0.6 is 11.3 Å². The molecule has 0 aliphatic carbocycles. The summed E-state index contributed by atoms with van der Waals surface area (Å²) in [6, 6.07) is 0.743. The van der Waals surface area contributed by atoms with Gasteiger partial charge in [-0.2, -0.15) is 5.10 Å². The summed E-state index contributed by atoms with van der Waals surface area (Å²) < 4.78 is 27.9. The zero-order valence-corrected chi connectivity index (χ0v) is 12.3. The van der Waals surface area contributed by atoms with Crippen molar-refractivity contribution in [3.05, 3.63) is 28.3 Å². The number of carboxylic acids is 1. The molecule has 10 heteroatoms. The molecule has 0 bridgehead atoms. The van der Waals surface area contributed by atoms with Gasteiger partial charge < -0.3 is 5.11 Å². The van der Waals surface area contributed by atoms with Gasteiger partial charge in [-0.05, 0) is 13.0 Å². The Kier molecular flexibility index (Phi) is 3.88. The number of aromatic carboxylic acids is 1. The molecule has 0 radical (unpaired) electrons. The molecule has 2 aromatic heterocycles. The SMILES string of the molecule is CC(NS(=O)(=O)c1ccnn1C)c1nc(C(=O)O)cs1. The van der Waals surface area contributed by atoms with Crippen molar-refractivity contribution in [1.29, 1.82) is 0 Å². The Bertz CT molecular complexity index is 734. The quantitative estimate of drug-likeness (QED) is 0.835. The number of hydrogen-bond acceptors (Lipinski definition) is 6. The van der Waals surface area contributed by atoms with Gasteiger partial charge in [0.25, 0.3) is 10.0 Å². The van der Waals surface area contributed by atoms with Gasteiger partial charge in [-0.1, -0.05) is 0 Å². The molecule has 2 aromatic rings. The molecule has 2 heterocycles. The van der Waals surface area contributed by atoms with E-state index in [4.69, 9.17) is 5.11 Å². The molecule has 0 amide bonds. The molecule has 2 rings (SSSR count). The maximum absolute atomic E-state index is 12.1. The van der Waals surface area contributed by atoms with E-state index in [-0.39, 0.29) is 10.7 Å².